The highest BCUT2D eigenvalue weighted by Crippen LogP contribution is 2.21. The van der Waals surface area contributed by atoms with Crippen molar-refractivity contribution >= 4 is 40.6 Å². The van der Waals surface area contributed by atoms with Gasteiger partial charge in [-0.05, 0) is 36.4 Å². The lowest BCUT2D eigenvalue weighted by Crippen LogP contribution is -2.22. The SMILES string of the molecule is NC(N)=Nc1cccc(N=C(N)Nc2cccc(N=C(N)N)c2)c1. The monoisotopic (exact) mass is 325 g/mol. The first-order valence-electron chi connectivity index (χ1n) is 6.93. The summed E-state index contributed by atoms with van der Waals surface area (Å²) in [5, 5.41) is 2.96. The third-order valence-corrected chi connectivity index (χ3v) is 2.71. The predicted octanol–water partition coefficient (Wildman–Crippen LogP) is 0.555. The van der Waals surface area contributed by atoms with Gasteiger partial charge < -0.3 is 34.0 Å². The van der Waals surface area contributed by atoms with Crippen molar-refractivity contribution in [2.45, 2.75) is 0 Å². The van der Waals surface area contributed by atoms with Crippen molar-refractivity contribution in [3.63, 3.8) is 0 Å². The average Bonchev–Trinajstić information content (AvgIpc) is 2.46. The van der Waals surface area contributed by atoms with Crippen molar-refractivity contribution in [1.82, 2.24) is 0 Å². The molecule has 0 bridgehead atoms. The summed E-state index contributed by atoms with van der Waals surface area (Å²) in [6, 6.07) is 14.1. The third kappa shape index (κ3) is 5.22. The Bertz CT molecular complexity index is 800. The fraction of sp³-hybridized carbons (Fsp3) is 0. The van der Waals surface area contributed by atoms with E-state index in [0.717, 1.165) is 0 Å². The number of nitrogens with two attached hydrogens (primary N) is 5. The molecule has 124 valence electrons. The highest BCUT2D eigenvalue weighted by molar-refractivity contribution is 5.94. The molecule has 0 unspecified atom stereocenters. The Kier molecular flexibility index (Phi) is 5.19. The van der Waals surface area contributed by atoms with E-state index in [-0.39, 0.29) is 17.9 Å². The summed E-state index contributed by atoms with van der Waals surface area (Å²) in [5.41, 5.74) is 29.8. The maximum Gasteiger partial charge on any atom is 0.198 e. The molecule has 9 heteroatoms. The molecule has 0 amide bonds. The molecule has 11 N–H and O–H groups in total. The van der Waals surface area contributed by atoms with E-state index in [4.69, 9.17) is 28.7 Å². The van der Waals surface area contributed by atoms with Gasteiger partial charge in [0.1, 0.15) is 0 Å². The number of nitrogens with one attached hydrogen (secondary N) is 1. The number of benzene rings is 2. The van der Waals surface area contributed by atoms with Crippen LogP contribution in [0.5, 0.6) is 0 Å². The molecule has 0 aliphatic heterocycles. The molecule has 0 aliphatic carbocycles. The van der Waals surface area contributed by atoms with Gasteiger partial charge in [-0.25, -0.2) is 15.0 Å². The number of aliphatic imine (C=N–C) groups is 3. The van der Waals surface area contributed by atoms with Crippen LogP contribution in [0.1, 0.15) is 0 Å². The third-order valence-electron chi connectivity index (χ3n) is 2.71. The van der Waals surface area contributed by atoms with E-state index < -0.39 is 0 Å². The van der Waals surface area contributed by atoms with Crippen molar-refractivity contribution < 1.29 is 0 Å². The molecular formula is C15H19N9. The average molecular weight is 325 g/mol. The van der Waals surface area contributed by atoms with Crippen LogP contribution in [0.25, 0.3) is 0 Å². The Hall–Kier alpha value is -3.75. The molecule has 0 spiro atoms. The molecule has 9 nitrogen and oxygen atoms in total. The van der Waals surface area contributed by atoms with Crippen molar-refractivity contribution in [3.05, 3.63) is 48.5 Å². The van der Waals surface area contributed by atoms with Crippen LogP contribution >= 0.6 is 0 Å². The first-order chi connectivity index (χ1) is 11.4. The van der Waals surface area contributed by atoms with Crippen LogP contribution in [0.4, 0.5) is 22.7 Å². The molecule has 0 radical (unpaired) electrons. The Morgan fingerprint density at radius 1 is 0.667 bits per heavy atom. The van der Waals surface area contributed by atoms with E-state index in [9.17, 15) is 0 Å². The van der Waals surface area contributed by atoms with Gasteiger partial charge in [0.05, 0.1) is 17.1 Å². The lowest BCUT2D eigenvalue weighted by Gasteiger charge is -2.06. The Labute approximate surface area is 139 Å². The first kappa shape index (κ1) is 16.6. The Morgan fingerprint density at radius 2 is 1.17 bits per heavy atom. The van der Waals surface area contributed by atoms with Crippen molar-refractivity contribution in [1.29, 1.82) is 0 Å². The summed E-state index contributed by atoms with van der Waals surface area (Å²) in [4.78, 5) is 12.2. The smallest absolute Gasteiger partial charge is 0.198 e. The summed E-state index contributed by atoms with van der Waals surface area (Å²) in [5.74, 6) is 0.141. The van der Waals surface area contributed by atoms with Gasteiger partial charge in [0.15, 0.2) is 17.9 Å². The summed E-state index contributed by atoms with van der Waals surface area (Å²) in [6.45, 7) is 0. The maximum atomic E-state index is 5.91. The largest absolute Gasteiger partial charge is 0.370 e. The number of anilines is 1. The molecular weight excluding hydrogens is 306 g/mol. The van der Waals surface area contributed by atoms with Gasteiger partial charge in [-0.1, -0.05) is 12.1 Å². The number of hydrogen-bond acceptors (Lipinski definition) is 3. The van der Waals surface area contributed by atoms with Crippen LogP contribution in [0.3, 0.4) is 0 Å². The fourth-order valence-corrected chi connectivity index (χ4v) is 1.90. The molecule has 0 saturated carbocycles. The zero-order valence-electron chi connectivity index (χ0n) is 12.8. The van der Waals surface area contributed by atoms with E-state index >= 15 is 0 Å². The second-order valence-electron chi connectivity index (χ2n) is 4.77. The van der Waals surface area contributed by atoms with Gasteiger partial charge in [0, 0.05) is 5.69 Å². The quantitative estimate of drug-likeness (QED) is 0.353. The van der Waals surface area contributed by atoms with Crippen molar-refractivity contribution in [2.75, 3.05) is 5.32 Å². The van der Waals surface area contributed by atoms with E-state index in [0.29, 0.717) is 22.7 Å². The molecule has 2 aromatic carbocycles. The number of guanidine groups is 3. The van der Waals surface area contributed by atoms with Crippen LogP contribution in [-0.4, -0.2) is 17.9 Å². The second-order valence-corrected chi connectivity index (χ2v) is 4.77. The maximum absolute atomic E-state index is 5.91. The van der Waals surface area contributed by atoms with Crippen LogP contribution in [-0.2, 0) is 0 Å². The number of nitrogens with zero attached hydrogens (tertiary/aromatic N) is 3. The minimum absolute atomic E-state index is 0.0228. The number of rotatable bonds is 4. The minimum Gasteiger partial charge on any atom is -0.370 e. The van der Waals surface area contributed by atoms with E-state index in [2.05, 4.69) is 20.3 Å². The highest BCUT2D eigenvalue weighted by Gasteiger charge is 1.99. The Morgan fingerprint density at radius 3 is 1.75 bits per heavy atom. The minimum atomic E-state index is -0.0289. The highest BCUT2D eigenvalue weighted by atomic mass is 15.1. The van der Waals surface area contributed by atoms with Gasteiger partial charge in [-0.3, -0.25) is 0 Å². The van der Waals surface area contributed by atoms with Gasteiger partial charge in [0.2, 0.25) is 0 Å². The first-order valence-corrected chi connectivity index (χ1v) is 6.93. The molecule has 0 heterocycles. The fourth-order valence-electron chi connectivity index (χ4n) is 1.90. The molecule has 0 saturated heterocycles. The van der Waals surface area contributed by atoms with Gasteiger partial charge >= 0.3 is 0 Å². The van der Waals surface area contributed by atoms with Crippen LogP contribution in [0.2, 0.25) is 0 Å². The normalized spacial score (nSPS) is 10.8. The molecule has 2 rings (SSSR count). The van der Waals surface area contributed by atoms with Crippen LogP contribution in [0.15, 0.2) is 63.5 Å². The van der Waals surface area contributed by atoms with Crippen LogP contribution < -0.4 is 34.0 Å². The molecule has 0 aliphatic rings. The second kappa shape index (κ2) is 7.49. The van der Waals surface area contributed by atoms with E-state index in [1.165, 1.54) is 0 Å². The topological polar surface area (TPSA) is 179 Å². The molecule has 24 heavy (non-hydrogen) atoms. The molecule has 2 aromatic rings. The van der Waals surface area contributed by atoms with Gasteiger partial charge in [0.25, 0.3) is 0 Å². The zero-order valence-corrected chi connectivity index (χ0v) is 12.8. The summed E-state index contributed by atoms with van der Waals surface area (Å²) < 4.78 is 0. The lowest BCUT2D eigenvalue weighted by molar-refractivity contribution is 1.39. The van der Waals surface area contributed by atoms with Crippen LogP contribution in [0, 0.1) is 0 Å². The summed E-state index contributed by atoms with van der Waals surface area (Å²) >= 11 is 0. The lowest BCUT2D eigenvalue weighted by atomic mass is 10.3. The van der Waals surface area contributed by atoms with Crippen molar-refractivity contribution in [3.8, 4) is 0 Å². The molecule has 0 fully saturated rings. The van der Waals surface area contributed by atoms with E-state index in [1.54, 1.807) is 42.5 Å². The summed E-state index contributed by atoms with van der Waals surface area (Å²) in [7, 11) is 0. The number of hydrogen-bond donors (Lipinski definition) is 6. The summed E-state index contributed by atoms with van der Waals surface area (Å²) in [6.07, 6.45) is 0. The predicted molar refractivity (Wildman–Crippen MR) is 98.7 cm³/mol. The standard InChI is InChI=1S/C15H19N9/c16-13(17)21-9-3-1-5-11(7-9)23-15(20)24-12-6-2-4-10(8-12)22-14(18)19/h1-8H,(H4,16,17,21)(H4,18,19,22)(H3,20,23,24). The molecule has 0 aromatic heterocycles. The van der Waals surface area contributed by atoms with Gasteiger partial charge in [-0.15, -0.1) is 0 Å². The van der Waals surface area contributed by atoms with E-state index in [1.807, 2.05) is 6.07 Å². The molecule has 0 atom stereocenters. The van der Waals surface area contributed by atoms with Gasteiger partial charge in [-0.2, -0.15) is 0 Å². The van der Waals surface area contributed by atoms with Crippen molar-refractivity contribution in [2.24, 2.45) is 43.6 Å². The zero-order chi connectivity index (χ0) is 17.5. The Balaban J connectivity index is 2.17.